The summed E-state index contributed by atoms with van der Waals surface area (Å²) in [5.74, 6) is -2.05. The molecule has 0 heterocycles. The van der Waals surface area contributed by atoms with Crippen LogP contribution in [0.5, 0.6) is 0 Å². The number of ether oxygens (including phenoxy) is 4. The van der Waals surface area contributed by atoms with E-state index in [-0.39, 0.29) is 6.47 Å². The Kier molecular flexibility index (Phi) is 9.75. The Morgan fingerprint density at radius 1 is 1.05 bits per heavy atom. The van der Waals surface area contributed by atoms with Gasteiger partial charge in [-0.3, -0.25) is 19.2 Å². The molecule has 0 aliphatic heterocycles. The van der Waals surface area contributed by atoms with Gasteiger partial charge in [-0.25, -0.2) is 0 Å². The van der Waals surface area contributed by atoms with E-state index in [4.69, 9.17) is 30.5 Å². The van der Waals surface area contributed by atoms with Crippen molar-refractivity contribution in [3.63, 3.8) is 0 Å². The zero-order chi connectivity index (χ0) is 17.3. The molecule has 10 heteroatoms. The topological polar surface area (TPSA) is 105 Å². The number of alkyl halides is 2. The molecule has 0 saturated heterocycles. The van der Waals surface area contributed by atoms with Crippen LogP contribution in [0.1, 0.15) is 20.8 Å². The lowest BCUT2D eigenvalue weighted by molar-refractivity contribution is -0.183. The lowest BCUT2D eigenvalue weighted by Crippen LogP contribution is -2.49. The second kappa shape index (κ2) is 10.4. The quantitative estimate of drug-likeness (QED) is 0.242. The molecule has 8 nitrogen and oxygen atoms in total. The molecule has 0 radical (unpaired) electrons. The summed E-state index contributed by atoms with van der Waals surface area (Å²) in [7, 11) is 0. The van der Waals surface area contributed by atoms with E-state index in [0.717, 1.165) is 20.8 Å². The molecular formula is C12H16BrClO8. The lowest BCUT2D eigenvalue weighted by Gasteiger charge is -2.31. The highest BCUT2D eigenvalue weighted by atomic mass is 79.9. The van der Waals surface area contributed by atoms with Crippen molar-refractivity contribution in [1.82, 2.24) is 0 Å². The predicted molar refractivity (Wildman–Crippen MR) is 77.2 cm³/mol. The molecule has 0 bridgehead atoms. The first-order chi connectivity index (χ1) is 10.2. The highest BCUT2D eigenvalue weighted by Crippen LogP contribution is 2.23. The van der Waals surface area contributed by atoms with E-state index in [0.29, 0.717) is 0 Å². The van der Waals surface area contributed by atoms with Gasteiger partial charge >= 0.3 is 17.9 Å². The molecule has 0 aliphatic carbocycles. The molecule has 0 fully saturated rings. The summed E-state index contributed by atoms with van der Waals surface area (Å²) >= 11 is 8.87. The minimum absolute atomic E-state index is 0.0902. The number of carbonyl (C=O) groups excluding carboxylic acids is 4. The second-order valence-electron chi connectivity index (χ2n) is 4.06. The zero-order valence-corrected chi connectivity index (χ0v) is 14.5. The van der Waals surface area contributed by atoms with Crippen LogP contribution in [0.3, 0.4) is 0 Å². The first kappa shape index (κ1) is 20.6. The third-order valence-electron chi connectivity index (χ3n) is 2.22. The smallest absolute Gasteiger partial charge is 0.303 e. The van der Waals surface area contributed by atoms with E-state index in [9.17, 15) is 19.2 Å². The molecule has 0 aliphatic rings. The van der Waals surface area contributed by atoms with Crippen molar-refractivity contribution in [1.29, 1.82) is 0 Å². The third kappa shape index (κ3) is 8.18. The molecule has 0 aromatic carbocycles. The summed E-state index contributed by atoms with van der Waals surface area (Å²) < 4.78 is 18.5. The van der Waals surface area contributed by atoms with Crippen LogP contribution < -0.4 is 0 Å². The van der Waals surface area contributed by atoms with E-state index < -0.39 is 47.1 Å². The average Bonchev–Trinajstić information content (AvgIpc) is 2.37. The van der Waals surface area contributed by atoms with Crippen LogP contribution >= 0.6 is 27.5 Å². The van der Waals surface area contributed by atoms with Crippen molar-refractivity contribution < 1.29 is 38.1 Å². The van der Waals surface area contributed by atoms with Crippen molar-refractivity contribution in [2.24, 2.45) is 0 Å². The Labute approximate surface area is 140 Å². The standard InChI is InChI=1S/C12H16BrClO8/c1-6(16)19-4-9(20-5-15)10(21-7(2)17)11(12(13)14)22-8(3)18/h5,9-12H,4H2,1-3H3/t9-,10-,11+,12?/m1/s1. The highest BCUT2D eigenvalue weighted by molar-refractivity contribution is 9.10. The molecule has 0 amide bonds. The van der Waals surface area contributed by atoms with Gasteiger partial charge in [-0.15, -0.1) is 11.6 Å². The third-order valence-corrected chi connectivity index (χ3v) is 2.99. The zero-order valence-electron chi connectivity index (χ0n) is 12.1. The van der Waals surface area contributed by atoms with Crippen LogP contribution in [-0.2, 0) is 38.1 Å². The molecule has 0 aromatic heterocycles. The maximum atomic E-state index is 11.2. The van der Waals surface area contributed by atoms with Crippen LogP contribution in [0, 0.1) is 0 Å². The number of halogens is 2. The van der Waals surface area contributed by atoms with E-state index in [2.05, 4.69) is 15.9 Å². The fraction of sp³-hybridized carbons (Fsp3) is 0.667. The molecule has 0 rings (SSSR count). The van der Waals surface area contributed by atoms with Gasteiger partial charge in [0, 0.05) is 20.8 Å². The van der Waals surface area contributed by atoms with Gasteiger partial charge in [0.25, 0.3) is 6.47 Å². The van der Waals surface area contributed by atoms with E-state index in [1.54, 1.807) is 0 Å². The summed E-state index contributed by atoms with van der Waals surface area (Å²) in [4.78, 5) is 43.9. The van der Waals surface area contributed by atoms with Crippen molar-refractivity contribution in [3.05, 3.63) is 0 Å². The fourth-order valence-corrected chi connectivity index (χ4v) is 2.09. The molecular weight excluding hydrogens is 387 g/mol. The molecule has 4 atom stereocenters. The van der Waals surface area contributed by atoms with E-state index in [1.165, 1.54) is 0 Å². The van der Waals surface area contributed by atoms with E-state index >= 15 is 0 Å². The fourth-order valence-electron chi connectivity index (χ4n) is 1.48. The monoisotopic (exact) mass is 402 g/mol. The number of hydrogen-bond acceptors (Lipinski definition) is 8. The number of esters is 3. The molecule has 126 valence electrons. The molecule has 0 N–H and O–H groups in total. The molecule has 0 spiro atoms. The Morgan fingerprint density at radius 2 is 1.55 bits per heavy atom. The van der Waals surface area contributed by atoms with Crippen LogP contribution in [-0.4, -0.2) is 53.6 Å². The van der Waals surface area contributed by atoms with Crippen molar-refractivity contribution >= 4 is 51.9 Å². The van der Waals surface area contributed by atoms with Gasteiger partial charge < -0.3 is 18.9 Å². The first-order valence-corrected chi connectivity index (χ1v) is 7.39. The summed E-state index contributed by atoms with van der Waals surface area (Å²) in [6.45, 7) is 3.08. The van der Waals surface area contributed by atoms with Crippen LogP contribution in [0.15, 0.2) is 0 Å². The van der Waals surface area contributed by atoms with Gasteiger partial charge in [0.2, 0.25) is 0 Å². The van der Waals surface area contributed by atoms with Gasteiger partial charge in [0.05, 0.1) is 0 Å². The number of carbonyl (C=O) groups is 4. The molecule has 0 aromatic rings. The lowest BCUT2D eigenvalue weighted by atomic mass is 10.1. The predicted octanol–water partition coefficient (Wildman–Crippen LogP) is 0.914. The maximum Gasteiger partial charge on any atom is 0.303 e. The highest BCUT2D eigenvalue weighted by Gasteiger charge is 2.40. The second-order valence-corrected chi connectivity index (χ2v) is 6.04. The van der Waals surface area contributed by atoms with Crippen LogP contribution in [0.4, 0.5) is 0 Å². The van der Waals surface area contributed by atoms with Crippen LogP contribution in [0.2, 0.25) is 0 Å². The number of rotatable bonds is 9. The average molecular weight is 404 g/mol. The van der Waals surface area contributed by atoms with Crippen LogP contribution in [0.25, 0.3) is 0 Å². The van der Waals surface area contributed by atoms with Crippen molar-refractivity contribution in [2.45, 2.75) is 43.4 Å². The summed E-state index contributed by atoms with van der Waals surface area (Å²) in [5.41, 5.74) is 0. The summed E-state index contributed by atoms with van der Waals surface area (Å²) in [5, 5.41) is 0. The Balaban J connectivity index is 5.37. The maximum absolute atomic E-state index is 11.2. The van der Waals surface area contributed by atoms with E-state index in [1.807, 2.05) is 0 Å². The Morgan fingerprint density at radius 3 is 1.91 bits per heavy atom. The SMILES string of the molecule is CC(=O)OC[C@@H](OC=O)[C@@H](OC(C)=O)[C@H](OC(C)=O)C(Cl)Br. The summed E-state index contributed by atoms with van der Waals surface area (Å²) in [6.07, 6.45) is -3.65. The van der Waals surface area contributed by atoms with Crippen molar-refractivity contribution in [3.8, 4) is 0 Å². The normalized spacial score (nSPS) is 15.7. The number of hydrogen-bond donors (Lipinski definition) is 0. The minimum atomic E-state index is -1.27. The Bertz CT molecular complexity index is 414. The largest absolute Gasteiger partial charge is 0.462 e. The van der Waals surface area contributed by atoms with Gasteiger partial charge in [0.15, 0.2) is 18.3 Å². The van der Waals surface area contributed by atoms with Gasteiger partial charge in [-0.1, -0.05) is 15.9 Å². The first-order valence-electron chi connectivity index (χ1n) is 6.04. The van der Waals surface area contributed by atoms with Crippen molar-refractivity contribution in [2.75, 3.05) is 6.61 Å². The molecule has 1 unspecified atom stereocenters. The summed E-state index contributed by atoms with van der Waals surface area (Å²) in [6, 6.07) is 0. The molecule has 22 heavy (non-hydrogen) atoms. The molecule has 0 saturated carbocycles. The van der Waals surface area contributed by atoms with Gasteiger partial charge in [-0.05, 0) is 0 Å². The minimum Gasteiger partial charge on any atom is -0.462 e. The van der Waals surface area contributed by atoms with Gasteiger partial charge in [0.1, 0.15) is 10.9 Å². The Hall–Kier alpha value is -1.35. The van der Waals surface area contributed by atoms with Gasteiger partial charge in [-0.2, -0.15) is 0 Å².